The van der Waals surface area contributed by atoms with Gasteiger partial charge in [0.05, 0.1) is 12.1 Å². The third-order valence-electron chi connectivity index (χ3n) is 3.45. The minimum absolute atomic E-state index is 0.00310. The van der Waals surface area contributed by atoms with Gasteiger partial charge >= 0.3 is 0 Å². The van der Waals surface area contributed by atoms with Gasteiger partial charge in [0.2, 0.25) is 5.91 Å². The molecular formula is C15H23NO2. The highest BCUT2D eigenvalue weighted by Gasteiger charge is 2.22. The Morgan fingerprint density at radius 1 is 1.39 bits per heavy atom. The van der Waals surface area contributed by atoms with E-state index in [1.54, 1.807) is 0 Å². The van der Waals surface area contributed by atoms with Gasteiger partial charge in [-0.15, -0.1) is 0 Å². The normalized spacial score (nSPS) is 14.0. The summed E-state index contributed by atoms with van der Waals surface area (Å²) in [7, 11) is 0. The number of aliphatic hydroxyl groups is 1. The van der Waals surface area contributed by atoms with E-state index in [2.05, 4.69) is 18.3 Å². The van der Waals surface area contributed by atoms with Crippen molar-refractivity contribution >= 4 is 5.91 Å². The van der Waals surface area contributed by atoms with Gasteiger partial charge in [-0.05, 0) is 37.8 Å². The molecule has 0 aliphatic heterocycles. The molecule has 100 valence electrons. The highest BCUT2D eigenvalue weighted by molar-refractivity contribution is 5.77. The largest absolute Gasteiger partial charge is 0.394 e. The van der Waals surface area contributed by atoms with Crippen LogP contribution < -0.4 is 5.32 Å². The van der Waals surface area contributed by atoms with Crippen molar-refractivity contribution in [3.8, 4) is 0 Å². The number of benzene rings is 1. The Bertz CT molecular complexity index is 397. The zero-order chi connectivity index (χ0) is 13.6. The van der Waals surface area contributed by atoms with Crippen molar-refractivity contribution in [1.29, 1.82) is 0 Å². The van der Waals surface area contributed by atoms with Crippen LogP contribution in [0.1, 0.15) is 37.8 Å². The number of aliphatic hydroxyl groups excluding tert-OH is 1. The molecule has 0 fully saturated rings. The molecule has 0 bridgehead atoms. The van der Waals surface area contributed by atoms with Crippen molar-refractivity contribution in [2.75, 3.05) is 6.61 Å². The molecule has 3 nitrogen and oxygen atoms in total. The quantitative estimate of drug-likeness (QED) is 0.812. The van der Waals surface area contributed by atoms with E-state index in [1.165, 1.54) is 11.1 Å². The Morgan fingerprint density at radius 2 is 2.06 bits per heavy atom. The molecule has 0 aliphatic rings. The van der Waals surface area contributed by atoms with Crippen molar-refractivity contribution in [3.05, 3.63) is 35.4 Å². The van der Waals surface area contributed by atoms with Crippen molar-refractivity contribution in [2.45, 2.75) is 45.6 Å². The summed E-state index contributed by atoms with van der Waals surface area (Å²) < 4.78 is 0. The molecule has 0 heterocycles. The Kier molecular flexibility index (Phi) is 5.35. The van der Waals surface area contributed by atoms with Crippen LogP contribution in [0.5, 0.6) is 0 Å². The minimum Gasteiger partial charge on any atom is -0.394 e. The minimum atomic E-state index is -0.497. The number of rotatable bonds is 6. The second-order valence-electron chi connectivity index (χ2n) is 5.05. The molecule has 1 amide bonds. The van der Waals surface area contributed by atoms with Gasteiger partial charge in [0.1, 0.15) is 0 Å². The molecule has 18 heavy (non-hydrogen) atoms. The monoisotopic (exact) mass is 249 g/mol. The van der Waals surface area contributed by atoms with E-state index in [-0.39, 0.29) is 12.5 Å². The molecule has 1 aromatic rings. The van der Waals surface area contributed by atoms with E-state index in [0.717, 1.165) is 12.8 Å². The number of hydrogen-bond donors (Lipinski definition) is 2. The van der Waals surface area contributed by atoms with Gasteiger partial charge in [-0.3, -0.25) is 4.79 Å². The van der Waals surface area contributed by atoms with Crippen LogP contribution in [0.2, 0.25) is 0 Å². The summed E-state index contributed by atoms with van der Waals surface area (Å²) in [5.74, 6) is -0.00310. The molecule has 1 atom stereocenters. The summed E-state index contributed by atoms with van der Waals surface area (Å²) in [6.45, 7) is 5.84. The van der Waals surface area contributed by atoms with Crippen molar-refractivity contribution < 1.29 is 9.90 Å². The second kappa shape index (κ2) is 6.55. The van der Waals surface area contributed by atoms with Crippen molar-refractivity contribution in [2.24, 2.45) is 0 Å². The SMILES string of the molecule is CCC(C)(CO)NC(=O)CCc1ccccc1C. The molecule has 0 spiro atoms. The van der Waals surface area contributed by atoms with Gasteiger partial charge in [-0.2, -0.15) is 0 Å². The van der Waals surface area contributed by atoms with E-state index in [1.807, 2.05) is 32.0 Å². The molecule has 1 rings (SSSR count). The lowest BCUT2D eigenvalue weighted by molar-refractivity contribution is -0.123. The average Bonchev–Trinajstić information content (AvgIpc) is 2.37. The first-order chi connectivity index (χ1) is 8.50. The fraction of sp³-hybridized carbons (Fsp3) is 0.533. The Labute approximate surface area is 109 Å². The predicted molar refractivity (Wildman–Crippen MR) is 73.4 cm³/mol. The van der Waals surface area contributed by atoms with E-state index in [4.69, 9.17) is 0 Å². The maximum absolute atomic E-state index is 11.8. The predicted octanol–water partition coefficient (Wildman–Crippen LogP) is 2.20. The summed E-state index contributed by atoms with van der Waals surface area (Å²) >= 11 is 0. The third-order valence-corrected chi connectivity index (χ3v) is 3.45. The summed E-state index contributed by atoms with van der Waals surface area (Å²) in [6, 6.07) is 8.09. The second-order valence-corrected chi connectivity index (χ2v) is 5.05. The number of carbonyl (C=O) groups excluding carboxylic acids is 1. The number of carbonyl (C=O) groups is 1. The van der Waals surface area contributed by atoms with Crippen LogP contribution in [-0.4, -0.2) is 23.2 Å². The van der Waals surface area contributed by atoms with E-state index >= 15 is 0 Å². The van der Waals surface area contributed by atoms with Crippen LogP contribution in [0.4, 0.5) is 0 Å². The van der Waals surface area contributed by atoms with E-state index < -0.39 is 5.54 Å². The van der Waals surface area contributed by atoms with Gasteiger partial charge < -0.3 is 10.4 Å². The molecule has 0 saturated heterocycles. The van der Waals surface area contributed by atoms with Crippen LogP contribution in [0.3, 0.4) is 0 Å². The Hall–Kier alpha value is -1.35. The van der Waals surface area contributed by atoms with Crippen LogP contribution in [0, 0.1) is 6.92 Å². The van der Waals surface area contributed by atoms with Crippen LogP contribution in [-0.2, 0) is 11.2 Å². The van der Waals surface area contributed by atoms with Crippen LogP contribution in [0.25, 0.3) is 0 Å². The van der Waals surface area contributed by atoms with Gasteiger partial charge in [-0.1, -0.05) is 31.2 Å². The topological polar surface area (TPSA) is 49.3 Å². The standard InChI is InChI=1S/C15H23NO2/c1-4-15(3,11-17)16-14(18)10-9-13-8-6-5-7-12(13)2/h5-8,17H,4,9-11H2,1-3H3,(H,16,18). The molecule has 3 heteroatoms. The maximum Gasteiger partial charge on any atom is 0.220 e. The lowest BCUT2D eigenvalue weighted by atomic mass is 9.99. The Morgan fingerprint density at radius 3 is 2.61 bits per heavy atom. The molecule has 0 radical (unpaired) electrons. The zero-order valence-corrected chi connectivity index (χ0v) is 11.5. The smallest absolute Gasteiger partial charge is 0.220 e. The maximum atomic E-state index is 11.8. The van der Waals surface area contributed by atoms with Crippen molar-refractivity contribution in [1.82, 2.24) is 5.32 Å². The number of hydrogen-bond acceptors (Lipinski definition) is 2. The fourth-order valence-corrected chi connectivity index (χ4v) is 1.78. The fourth-order valence-electron chi connectivity index (χ4n) is 1.78. The summed E-state index contributed by atoms with van der Waals surface area (Å²) in [4.78, 5) is 11.8. The number of amides is 1. The van der Waals surface area contributed by atoms with Gasteiger partial charge in [0, 0.05) is 6.42 Å². The third kappa shape index (κ3) is 4.15. The van der Waals surface area contributed by atoms with Gasteiger partial charge in [-0.25, -0.2) is 0 Å². The zero-order valence-electron chi connectivity index (χ0n) is 11.5. The number of aryl methyl sites for hydroxylation is 2. The Balaban J connectivity index is 2.50. The molecule has 2 N–H and O–H groups in total. The van der Waals surface area contributed by atoms with Crippen molar-refractivity contribution in [3.63, 3.8) is 0 Å². The molecule has 0 aromatic heterocycles. The molecule has 1 unspecified atom stereocenters. The molecular weight excluding hydrogens is 226 g/mol. The first-order valence-corrected chi connectivity index (χ1v) is 6.47. The first kappa shape index (κ1) is 14.7. The van der Waals surface area contributed by atoms with Crippen LogP contribution >= 0.6 is 0 Å². The summed E-state index contributed by atoms with van der Waals surface area (Å²) in [5.41, 5.74) is 1.92. The summed E-state index contributed by atoms with van der Waals surface area (Å²) in [6.07, 6.45) is 1.92. The summed E-state index contributed by atoms with van der Waals surface area (Å²) in [5, 5.41) is 12.1. The lowest BCUT2D eigenvalue weighted by Gasteiger charge is -2.27. The molecule has 0 aliphatic carbocycles. The first-order valence-electron chi connectivity index (χ1n) is 6.47. The lowest BCUT2D eigenvalue weighted by Crippen LogP contribution is -2.48. The molecule has 0 saturated carbocycles. The van der Waals surface area contributed by atoms with Gasteiger partial charge in [0.15, 0.2) is 0 Å². The highest BCUT2D eigenvalue weighted by Crippen LogP contribution is 2.11. The van der Waals surface area contributed by atoms with E-state index in [9.17, 15) is 9.90 Å². The molecule has 1 aromatic carbocycles. The average molecular weight is 249 g/mol. The van der Waals surface area contributed by atoms with E-state index in [0.29, 0.717) is 6.42 Å². The van der Waals surface area contributed by atoms with Gasteiger partial charge in [0.25, 0.3) is 0 Å². The number of nitrogens with one attached hydrogen (secondary N) is 1. The highest BCUT2D eigenvalue weighted by atomic mass is 16.3. The van der Waals surface area contributed by atoms with Crippen LogP contribution in [0.15, 0.2) is 24.3 Å².